The second-order valence-electron chi connectivity index (χ2n) is 7.40. The van der Waals surface area contributed by atoms with Gasteiger partial charge in [-0.2, -0.15) is 0 Å². The molecular weight excluding hydrogens is 407 g/mol. The highest BCUT2D eigenvalue weighted by Gasteiger charge is 2.22. The van der Waals surface area contributed by atoms with Crippen molar-refractivity contribution in [2.45, 2.75) is 32.6 Å². The lowest BCUT2D eigenvalue weighted by Gasteiger charge is -2.12. The maximum Gasteiger partial charge on any atom is 0.280 e. The maximum atomic E-state index is 14.5. The van der Waals surface area contributed by atoms with Gasteiger partial charge in [0.15, 0.2) is 5.65 Å². The number of ether oxygens (including phenoxy) is 1. The molecule has 0 bridgehead atoms. The lowest BCUT2D eigenvalue weighted by Crippen LogP contribution is -2.07. The Labute approximate surface area is 175 Å². The van der Waals surface area contributed by atoms with E-state index in [0.29, 0.717) is 54.2 Å². The molecule has 0 radical (unpaired) electrons. The van der Waals surface area contributed by atoms with E-state index in [0.717, 1.165) is 11.3 Å². The third kappa shape index (κ3) is 3.39. The van der Waals surface area contributed by atoms with Crippen molar-refractivity contribution in [3.05, 3.63) is 70.9 Å². The smallest absolute Gasteiger partial charge is 0.280 e. The number of aryl methyl sites for hydroxylation is 2. The van der Waals surface area contributed by atoms with Crippen LogP contribution in [0.4, 0.5) is 13.2 Å². The van der Waals surface area contributed by atoms with Gasteiger partial charge in [-0.25, -0.2) is 18.2 Å². The van der Waals surface area contributed by atoms with Gasteiger partial charge >= 0.3 is 0 Å². The average molecular weight is 425 g/mol. The Morgan fingerprint density at radius 3 is 2.84 bits per heavy atom. The molecule has 0 amide bonds. The number of halogens is 3. The molecule has 31 heavy (non-hydrogen) atoms. The summed E-state index contributed by atoms with van der Waals surface area (Å²) in [4.78, 5) is 8.47. The van der Waals surface area contributed by atoms with Gasteiger partial charge in [-0.1, -0.05) is 6.07 Å². The number of rotatable bonds is 5. The van der Waals surface area contributed by atoms with Crippen molar-refractivity contribution in [1.82, 2.24) is 24.6 Å². The van der Waals surface area contributed by atoms with Crippen LogP contribution in [0.1, 0.15) is 34.8 Å². The first-order valence-corrected chi connectivity index (χ1v) is 9.89. The Morgan fingerprint density at radius 2 is 2.00 bits per heavy atom. The monoisotopic (exact) mass is 425 g/mol. The van der Waals surface area contributed by atoms with Crippen LogP contribution in [0.2, 0.25) is 0 Å². The van der Waals surface area contributed by atoms with E-state index in [4.69, 9.17) is 4.74 Å². The molecule has 5 rings (SSSR count). The molecule has 9 heteroatoms. The van der Waals surface area contributed by atoms with Crippen molar-refractivity contribution in [2.24, 2.45) is 0 Å². The summed E-state index contributed by atoms with van der Waals surface area (Å²) in [7, 11) is 0. The Balaban J connectivity index is 1.52. The van der Waals surface area contributed by atoms with Crippen molar-refractivity contribution in [1.29, 1.82) is 0 Å². The minimum atomic E-state index is -2.73. The van der Waals surface area contributed by atoms with Gasteiger partial charge < -0.3 is 4.74 Å². The summed E-state index contributed by atoms with van der Waals surface area (Å²) in [5.74, 6) is 1.06. The van der Waals surface area contributed by atoms with E-state index in [1.807, 2.05) is 0 Å². The molecule has 1 aromatic carbocycles. The Bertz CT molecular complexity index is 1290. The number of aromatic nitrogens is 5. The summed E-state index contributed by atoms with van der Waals surface area (Å²) < 4.78 is 48.8. The van der Waals surface area contributed by atoms with E-state index >= 15 is 0 Å². The normalized spacial score (nSPS) is 13.1. The molecular formula is C22H18F3N5O. The number of pyridine rings is 1. The fourth-order valence-electron chi connectivity index (χ4n) is 4.03. The van der Waals surface area contributed by atoms with Crippen molar-refractivity contribution in [3.63, 3.8) is 0 Å². The van der Waals surface area contributed by atoms with Gasteiger partial charge in [-0.05, 0) is 37.1 Å². The van der Waals surface area contributed by atoms with Gasteiger partial charge in [0.2, 0.25) is 0 Å². The van der Waals surface area contributed by atoms with Crippen molar-refractivity contribution < 1.29 is 17.9 Å². The fraction of sp³-hybridized carbons (Fsp3) is 0.273. The van der Waals surface area contributed by atoms with E-state index in [9.17, 15) is 13.2 Å². The minimum absolute atomic E-state index is 0.265. The van der Waals surface area contributed by atoms with Gasteiger partial charge in [0.25, 0.3) is 6.43 Å². The largest absolute Gasteiger partial charge is 0.493 e. The molecule has 1 aliphatic rings. The third-order valence-corrected chi connectivity index (χ3v) is 5.51. The predicted octanol–water partition coefficient (Wildman–Crippen LogP) is 4.29. The zero-order chi connectivity index (χ0) is 21.5. The number of nitrogens with zero attached hydrogens (tertiary/aromatic N) is 5. The van der Waals surface area contributed by atoms with Gasteiger partial charge in [0.1, 0.15) is 29.4 Å². The lowest BCUT2D eigenvalue weighted by atomic mass is 10.00. The Kier molecular flexibility index (Phi) is 4.80. The maximum absolute atomic E-state index is 14.5. The van der Waals surface area contributed by atoms with Crippen LogP contribution in [0, 0.1) is 12.7 Å². The van der Waals surface area contributed by atoms with Crippen molar-refractivity contribution >= 4 is 5.65 Å². The number of benzene rings is 1. The van der Waals surface area contributed by atoms with Gasteiger partial charge in [0.05, 0.1) is 6.61 Å². The molecule has 4 aromatic rings. The molecule has 158 valence electrons. The number of fused-ring (bicyclic) bond motifs is 2. The summed E-state index contributed by atoms with van der Waals surface area (Å²) >= 11 is 0. The van der Waals surface area contributed by atoms with E-state index in [1.165, 1.54) is 18.6 Å². The first-order chi connectivity index (χ1) is 15.0. The standard InChI is InChI=1S/C22H18F3N5O/c1-12-2-3-15(20(28-12)21(24)25)16-10-26-19(30-11-27-29-22(16)30)7-4-13-14-8-9-31-18(14)6-5-17(13)23/h2-3,5-6,10-11,21H,4,7-9H2,1H3. The zero-order valence-corrected chi connectivity index (χ0v) is 16.6. The third-order valence-electron chi connectivity index (χ3n) is 5.51. The predicted molar refractivity (Wildman–Crippen MR) is 107 cm³/mol. The Morgan fingerprint density at radius 1 is 1.13 bits per heavy atom. The molecule has 1 aliphatic heterocycles. The summed E-state index contributed by atoms with van der Waals surface area (Å²) in [6, 6.07) is 6.34. The van der Waals surface area contributed by atoms with E-state index in [1.54, 1.807) is 29.5 Å². The van der Waals surface area contributed by atoms with E-state index < -0.39 is 6.43 Å². The van der Waals surface area contributed by atoms with E-state index in [2.05, 4.69) is 20.2 Å². The summed E-state index contributed by atoms with van der Waals surface area (Å²) in [6.45, 7) is 2.21. The molecule has 0 aliphatic carbocycles. The highest BCUT2D eigenvalue weighted by atomic mass is 19.3. The number of hydrogen-bond donors (Lipinski definition) is 0. The molecule has 0 N–H and O–H groups in total. The van der Waals surface area contributed by atoms with Crippen molar-refractivity contribution in [2.75, 3.05) is 6.61 Å². The second kappa shape index (κ2) is 7.64. The molecule has 0 fully saturated rings. The Hall–Kier alpha value is -3.49. The van der Waals surface area contributed by atoms with Crippen LogP contribution in [0.3, 0.4) is 0 Å². The lowest BCUT2D eigenvalue weighted by molar-refractivity contribution is 0.146. The van der Waals surface area contributed by atoms with Gasteiger partial charge in [0, 0.05) is 41.4 Å². The number of alkyl halides is 2. The molecule has 0 saturated carbocycles. The highest BCUT2D eigenvalue weighted by Crippen LogP contribution is 2.33. The second-order valence-corrected chi connectivity index (χ2v) is 7.40. The topological polar surface area (TPSA) is 65.2 Å². The summed E-state index contributed by atoms with van der Waals surface area (Å²) in [6.07, 6.45) is 1.78. The first-order valence-electron chi connectivity index (χ1n) is 9.89. The van der Waals surface area contributed by atoms with Crippen LogP contribution < -0.4 is 4.74 Å². The van der Waals surface area contributed by atoms with Crippen molar-refractivity contribution in [3.8, 4) is 16.9 Å². The minimum Gasteiger partial charge on any atom is -0.493 e. The SMILES string of the molecule is Cc1ccc(-c2cnc(CCc3c(F)ccc4c3CCO4)n3cnnc23)c(C(F)F)n1. The molecule has 0 atom stereocenters. The van der Waals surface area contributed by atoms with Crippen LogP contribution in [0.25, 0.3) is 16.8 Å². The molecule has 3 aromatic heterocycles. The quantitative estimate of drug-likeness (QED) is 0.477. The molecule has 0 unspecified atom stereocenters. The van der Waals surface area contributed by atoms with Crippen LogP contribution in [-0.4, -0.2) is 31.2 Å². The van der Waals surface area contributed by atoms with Crippen LogP contribution in [-0.2, 0) is 19.3 Å². The summed E-state index contributed by atoms with van der Waals surface area (Å²) in [5, 5.41) is 8.06. The molecule has 6 nitrogen and oxygen atoms in total. The summed E-state index contributed by atoms with van der Waals surface area (Å²) in [5.41, 5.74) is 2.78. The average Bonchev–Trinajstić information content (AvgIpc) is 3.43. The first kappa shape index (κ1) is 19.5. The van der Waals surface area contributed by atoms with E-state index in [-0.39, 0.29) is 17.1 Å². The van der Waals surface area contributed by atoms with Gasteiger partial charge in [-0.3, -0.25) is 9.38 Å². The van der Waals surface area contributed by atoms with Gasteiger partial charge in [-0.15, -0.1) is 10.2 Å². The highest BCUT2D eigenvalue weighted by molar-refractivity contribution is 5.78. The molecule has 0 spiro atoms. The van der Waals surface area contributed by atoms with Crippen LogP contribution in [0.15, 0.2) is 36.8 Å². The number of hydrogen-bond acceptors (Lipinski definition) is 5. The molecule has 0 saturated heterocycles. The van der Waals surface area contributed by atoms with Crippen LogP contribution in [0.5, 0.6) is 5.75 Å². The van der Waals surface area contributed by atoms with Crippen LogP contribution >= 0.6 is 0 Å². The fourth-order valence-corrected chi connectivity index (χ4v) is 4.03. The zero-order valence-electron chi connectivity index (χ0n) is 16.6. The molecule has 4 heterocycles.